The summed E-state index contributed by atoms with van der Waals surface area (Å²) in [5.74, 6) is -0.778. The van der Waals surface area contributed by atoms with Gasteiger partial charge < -0.3 is 14.5 Å². The predicted octanol–water partition coefficient (Wildman–Crippen LogP) is 2.66. The maximum atomic E-state index is 12.6. The maximum absolute atomic E-state index is 12.6. The highest BCUT2D eigenvalue weighted by Crippen LogP contribution is 2.22. The summed E-state index contributed by atoms with van der Waals surface area (Å²) in [4.78, 5) is 31.5. The van der Waals surface area contributed by atoms with Gasteiger partial charge in [0.15, 0.2) is 10.7 Å². The first-order valence-corrected chi connectivity index (χ1v) is 7.81. The summed E-state index contributed by atoms with van der Waals surface area (Å²) in [6.07, 6.45) is 1.66. The lowest BCUT2D eigenvalue weighted by Crippen LogP contribution is -2.11. The van der Waals surface area contributed by atoms with Gasteiger partial charge >= 0.3 is 5.97 Å². The third-order valence-corrected chi connectivity index (χ3v) is 4.10. The molecule has 0 bridgehead atoms. The number of nitrogens with zero attached hydrogens (tertiary/aromatic N) is 1. The number of hydrogen-bond donors (Lipinski definition) is 1. The Kier molecular flexibility index (Phi) is 4.50. The molecule has 0 aliphatic rings. The van der Waals surface area contributed by atoms with Crippen LogP contribution in [0.2, 0.25) is 0 Å². The fourth-order valence-electron chi connectivity index (χ4n) is 2.14. The zero-order valence-electron chi connectivity index (χ0n) is 12.4. The van der Waals surface area contributed by atoms with Crippen LogP contribution in [0.25, 0.3) is 10.9 Å². The van der Waals surface area contributed by atoms with Gasteiger partial charge in [0.05, 0.1) is 12.2 Å². The van der Waals surface area contributed by atoms with Crippen molar-refractivity contribution in [2.75, 3.05) is 20.3 Å². The monoisotopic (exact) mass is 330 g/mol. The fraction of sp³-hybridized carbons (Fsp3) is 0.188. The number of hydrogen-bond acceptors (Lipinski definition) is 6. The normalized spacial score (nSPS) is 10.8. The molecule has 6 nitrogen and oxygen atoms in total. The van der Waals surface area contributed by atoms with Crippen molar-refractivity contribution < 1.29 is 19.1 Å². The number of carbonyl (C=O) groups excluding carboxylic acids is 2. The minimum atomic E-state index is -0.559. The molecular weight excluding hydrogens is 316 g/mol. The zero-order chi connectivity index (χ0) is 16.2. The molecule has 0 saturated heterocycles. The highest BCUT2D eigenvalue weighted by atomic mass is 32.1. The molecule has 0 aliphatic heterocycles. The number of fused-ring (bicyclic) bond motifs is 1. The molecule has 2 aromatic heterocycles. The van der Waals surface area contributed by atoms with Crippen molar-refractivity contribution in [3.8, 4) is 0 Å². The number of rotatable bonds is 6. The van der Waals surface area contributed by atoms with E-state index in [1.807, 2.05) is 24.3 Å². The number of ketones is 1. The van der Waals surface area contributed by atoms with Gasteiger partial charge in [0, 0.05) is 29.6 Å². The largest absolute Gasteiger partial charge is 0.458 e. The van der Waals surface area contributed by atoms with Crippen LogP contribution in [0, 0.1) is 0 Å². The van der Waals surface area contributed by atoms with E-state index in [9.17, 15) is 9.59 Å². The van der Waals surface area contributed by atoms with E-state index in [0.717, 1.165) is 22.2 Å². The number of methoxy groups -OCH3 is 1. The van der Waals surface area contributed by atoms with E-state index in [1.165, 1.54) is 12.5 Å². The molecule has 0 unspecified atom stereocenters. The van der Waals surface area contributed by atoms with Gasteiger partial charge in [0.1, 0.15) is 6.61 Å². The van der Waals surface area contributed by atoms with Crippen LogP contribution in [0.15, 0.2) is 35.8 Å². The molecule has 0 saturated carbocycles. The SMILES string of the molecule is COCCOC(=O)c1csc(C(=O)c2c[nH]c3ccccc23)n1. The van der Waals surface area contributed by atoms with Gasteiger partial charge in [-0.05, 0) is 6.07 Å². The number of para-hydroxylation sites is 1. The highest BCUT2D eigenvalue weighted by molar-refractivity contribution is 7.12. The van der Waals surface area contributed by atoms with Crippen LogP contribution in [-0.4, -0.2) is 42.0 Å². The van der Waals surface area contributed by atoms with Gasteiger partial charge in [-0.25, -0.2) is 9.78 Å². The maximum Gasteiger partial charge on any atom is 0.357 e. The first kappa shape index (κ1) is 15.4. The van der Waals surface area contributed by atoms with Crippen LogP contribution in [-0.2, 0) is 9.47 Å². The van der Waals surface area contributed by atoms with Gasteiger partial charge in [0.2, 0.25) is 5.78 Å². The second kappa shape index (κ2) is 6.72. The second-order valence-electron chi connectivity index (χ2n) is 4.74. The van der Waals surface area contributed by atoms with Gasteiger partial charge in [-0.2, -0.15) is 0 Å². The minimum Gasteiger partial charge on any atom is -0.458 e. The van der Waals surface area contributed by atoms with Gasteiger partial charge in [-0.3, -0.25) is 4.79 Å². The molecule has 1 aromatic carbocycles. The van der Waals surface area contributed by atoms with Crippen molar-refractivity contribution in [1.82, 2.24) is 9.97 Å². The first-order chi connectivity index (χ1) is 11.2. The van der Waals surface area contributed by atoms with E-state index in [-0.39, 0.29) is 23.1 Å². The third kappa shape index (κ3) is 3.15. The molecule has 0 amide bonds. The quantitative estimate of drug-likeness (QED) is 0.427. The Morgan fingerprint density at radius 2 is 2.09 bits per heavy atom. The van der Waals surface area contributed by atoms with Crippen LogP contribution < -0.4 is 0 Å². The number of aromatic amines is 1. The average Bonchev–Trinajstić information content (AvgIpc) is 3.21. The number of esters is 1. The average molecular weight is 330 g/mol. The van der Waals surface area contributed by atoms with Crippen molar-refractivity contribution in [2.24, 2.45) is 0 Å². The van der Waals surface area contributed by atoms with Crippen LogP contribution in [0.4, 0.5) is 0 Å². The molecule has 0 fully saturated rings. The highest BCUT2D eigenvalue weighted by Gasteiger charge is 2.20. The Hall–Kier alpha value is -2.51. The number of benzene rings is 1. The predicted molar refractivity (Wildman–Crippen MR) is 86.0 cm³/mol. The third-order valence-electron chi connectivity index (χ3n) is 3.26. The molecule has 0 atom stereocenters. The lowest BCUT2D eigenvalue weighted by atomic mass is 10.1. The van der Waals surface area contributed by atoms with Crippen molar-refractivity contribution >= 4 is 34.0 Å². The minimum absolute atomic E-state index is 0.134. The van der Waals surface area contributed by atoms with Crippen LogP contribution >= 0.6 is 11.3 Å². The van der Waals surface area contributed by atoms with E-state index in [1.54, 1.807) is 6.20 Å². The Labute approximate surface area is 136 Å². The smallest absolute Gasteiger partial charge is 0.357 e. The molecule has 3 rings (SSSR count). The molecule has 2 heterocycles. The topological polar surface area (TPSA) is 81.3 Å². The van der Waals surface area contributed by atoms with Crippen molar-refractivity contribution in [2.45, 2.75) is 0 Å². The number of aromatic nitrogens is 2. The summed E-state index contributed by atoms with van der Waals surface area (Å²) in [7, 11) is 1.52. The molecule has 118 valence electrons. The molecular formula is C16H14N2O4S. The van der Waals surface area contributed by atoms with Crippen molar-refractivity contribution in [3.05, 3.63) is 52.1 Å². The summed E-state index contributed by atoms with van der Waals surface area (Å²) < 4.78 is 9.79. The number of H-pyrrole nitrogens is 1. The van der Waals surface area contributed by atoms with Crippen LogP contribution in [0.3, 0.4) is 0 Å². The number of carbonyl (C=O) groups is 2. The molecule has 0 aliphatic carbocycles. The zero-order valence-corrected chi connectivity index (χ0v) is 13.2. The lowest BCUT2D eigenvalue weighted by molar-refractivity contribution is 0.0382. The Balaban J connectivity index is 1.80. The van der Waals surface area contributed by atoms with Crippen LogP contribution in [0.5, 0.6) is 0 Å². The van der Waals surface area contributed by atoms with E-state index < -0.39 is 5.97 Å². The Morgan fingerprint density at radius 3 is 2.91 bits per heavy atom. The van der Waals surface area contributed by atoms with Gasteiger partial charge in [-0.15, -0.1) is 11.3 Å². The van der Waals surface area contributed by atoms with Gasteiger partial charge in [-0.1, -0.05) is 18.2 Å². The molecule has 0 spiro atoms. The summed E-state index contributed by atoms with van der Waals surface area (Å²) in [6, 6.07) is 7.52. The summed E-state index contributed by atoms with van der Waals surface area (Å²) in [5, 5.41) is 2.61. The number of ether oxygens (including phenoxy) is 2. The number of thiazole rings is 1. The van der Waals surface area contributed by atoms with E-state index in [4.69, 9.17) is 9.47 Å². The second-order valence-corrected chi connectivity index (χ2v) is 5.60. The summed E-state index contributed by atoms with van der Waals surface area (Å²) in [5.41, 5.74) is 1.55. The van der Waals surface area contributed by atoms with Crippen LogP contribution in [0.1, 0.15) is 25.9 Å². The summed E-state index contributed by atoms with van der Waals surface area (Å²) in [6.45, 7) is 0.468. The van der Waals surface area contributed by atoms with E-state index in [2.05, 4.69) is 9.97 Å². The van der Waals surface area contributed by atoms with Gasteiger partial charge in [0.25, 0.3) is 0 Å². The first-order valence-electron chi connectivity index (χ1n) is 6.93. The van der Waals surface area contributed by atoms with E-state index in [0.29, 0.717) is 12.2 Å². The summed E-state index contributed by atoms with van der Waals surface area (Å²) >= 11 is 1.13. The number of nitrogens with one attached hydrogen (secondary N) is 1. The van der Waals surface area contributed by atoms with E-state index >= 15 is 0 Å². The molecule has 23 heavy (non-hydrogen) atoms. The fourth-order valence-corrected chi connectivity index (χ4v) is 2.88. The molecule has 7 heteroatoms. The Bertz CT molecular complexity index is 853. The Morgan fingerprint density at radius 1 is 1.26 bits per heavy atom. The molecule has 1 N–H and O–H groups in total. The van der Waals surface area contributed by atoms with Crippen molar-refractivity contribution in [1.29, 1.82) is 0 Å². The standard InChI is InChI=1S/C16H14N2O4S/c1-21-6-7-22-16(20)13-9-23-15(18-13)14(19)11-8-17-12-5-3-2-4-10(11)12/h2-5,8-9,17H,6-7H2,1H3. The molecule has 3 aromatic rings. The van der Waals surface area contributed by atoms with Crippen molar-refractivity contribution in [3.63, 3.8) is 0 Å². The molecule has 0 radical (unpaired) electrons. The lowest BCUT2D eigenvalue weighted by Gasteiger charge is -2.00.